The molecule has 0 aromatic rings. The fraction of sp³-hybridized carbons (Fsp3) is 0.500. The lowest BCUT2D eigenvalue weighted by Crippen LogP contribution is -2.43. The fourth-order valence-corrected chi connectivity index (χ4v) is 1.51. The van der Waals surface area contributed by atoms with Crippen molar-refractivity contribution in [3.05, 3.63) is 37.2 Å². The van der Waals surface area contributed by atoms with Crippen LogP contribution in [0, 0.1) is 0 Å². The maximum Gasteiger partial charge on any atom is 0.106 e. The molecule has 0 aliphatic carbocycles. The van der Waals surface area contributed by atoms with Crippen LogP contribution in [0.15, 0.2) is 37.2 Å². The van der Waals surface area contributed by atoms with E-state index < -0.39 is 0 Å². The number of quaternary nitrogens is 1. The highest BCUT2D eigenvalue weighted by atomic mass is 15.3. The van der Waals surface area contributed by atoms with Gasteiger partial charge in [-0.3, -0.25) is 4.48 Å². The van der Waals surface area contributed by atoms with Gasteiger partial charge in [0.05, 0.1) is 18.4 Å². The van der Waals surface area contributed by atoms with Gasteiger partial charge in [-0.05, 0) is 45.9 Å². The van der Waals surface area contributed by atoms with Crippen LogP contribution in [0.1, 0.15) is 27.7 Å². The van der Waals surface area contributed by atoms with Crippen LogP contribution in [0.5, 0.6) is 0 Å². The molecule has 0 radical (unpaired) electrons. The summed E-state index contributed by atoms with van der Waals surface area (Å²) < 4.78 is 0.858. The van der Waals surface area contributed by atoms with Gasteiger partial charge < -0.3 is 0 Å². The first kappa shape index (κ1) is 12.2. The van der Waals surface area contributed by atoms with Gasteiger partial charge in [0.15, 0.2) is 0 Å². The first-order chi connectivity index (χ1) is 6.13. The average molecular weight is 180 g/mol. The summed E-state index contributed by atoms with van der Waals surface area (Å²) in [4.78, 5) is 0. The highest BCUT2D eigenvalue weighted by Crippen LogP contribution is 2.16. The Morgan fingerprint density at radius 2 is 1.62 bits per heavy atom. The Kier molecular flexibility index (Phi) is 5.40. The molecule has 0 aliphatic rings. The van der Waals surface area contributed by atoms with Gasteiger partial charge in [-0.15, -0.1) is 0 Å². The minimum atomic E-state index is 0.547. The molecule has 0 atom stereocenters. The number of allylic oxidation sites excluding steroid dienone is 2. The lowest BCUT2D eigenvalue weighted by atomic mass is 10.2. The van der Waals surface area contributed by atoms with Gasteiger partial charge >= 0.3 is 0 Å². The topological polar surface area (TPSA) is 0 Å². The van der Waals surface area contributed by atoms with Gasteiger partial charge in [0.2, 0.25) is 0 Å². The molecular formula is C12H22N+. The van der Waals surface area contributed by atoms with E-state index in [9.17, 15) is 0 Å². The highest BCUT2D eigenvalue weighted by molar-refractivity contribution is 4.83. The molecule has 0 unspecified atom stereocenters. The summed E-state index contributed by atoms with van der Waals surface area (Å²) >= 11 is 0. The molecule has 0 aromatic heterocycles. The van der Waals surface area contributed by atoms with Crippen molar-refractivity contribution in [2.75, 3.05) is 6.54 Å². The summed E-state index contributed by atoms with van der Waals surface area (Å²) in [7, 11) is 0. The van der Waals surface area contributed by atoms with Crippen molar-refractivity contribution in [3.8, 4) is 0 Å². The lowest BCUT2D eigenvalue weighted by Gasteiger charge is -2.34. The molecule has 0 N–H and O–H groups in total. The van der Waals surface area contributed by atoms with Crippen LogP contribution in [0.2, 0.25) is 0 Å². The monoisotopic (exact) mass is 180 g/mol. The molecule has 0 rings (SSSR count). The van der Waals surface area contributed by atoms with Crippen molar-refractivity contribution in [2.24, 2.45) is 0 Å². The van der Waals surface area contributed by atoms with E-state index in [-0.39, 0.29) is 0 Å². The second kappa shape index (κ2) is 5.76. The van der Waals surface area contributed by atoms with Gasteiger partial charge in [-0.1, -0.05) is 6.58 Å². The van der Waals surface area contributed by atoms with E-state index in [4.69, 9.17) is 0 Å². The van der Waals surface area contributed by atoms with E-state index in [2.05, 4.69) is 58.8 Å². The predicted molar refractivity (Wildman–Crippen MR) is 60.1 cm³/mol. The summed E-state index contributed by atoms with van der Waals surface area (Å²) in [5.74, 6) is 0. The second-order valence-corrected chi connectivity index (χ2v) is 3.52. The third-order valence-electron chi connectivity index (χ3n) is 2.26. The zero-order valence-corrected chi connectivity index (χ0v) is 9.33. The number of nitrogens with zero attached hydrogens (tertiary/aromatic N) is 1. The van der Waals surface area contributed by atoms with Gasteiger partial charge in [-0.25, -0.2) is 0 Å². The fourth-order valence-electron chi connectivity index (χ4n) is 1.51. The number of hydrogen-bond acceptors (Lipinski definition) is 0. The van der Waals surface area contributed by atoms with Crippen molar-refractivity contribution in [3.63, 3.8) is 0 Å². The van der Waals surface area contributed by atoms with Crippen LogP contribution in [0.25, 0.3) is 0 Å². The zero-order valence-electron chi connectivity index (χ0n) is 9.33. The molecule has 74 valence electrons. The molecule has 0 aromatic carbocycles. The smallest absolute Gasteiger partial charge is 0.106 e. The number of hydrogen-bond donors (Lipinski definition) is 0. The number of rotatable bonds is 5. The van der Waals surface area contributed by atoms with Gasteiger partial charge in [-0.2, -0.15) is 0 Å². The van der Waals surface area contributed by atoms with Gasteiger partial charge in [0, 0.05) is 0 Å². The zero-order chi connectivity index (χ0) is 10.3. The van der Waals surface area contributed by atoms with Crippen LogP contribution in [0.4, 0.5) is 0 Å². The molecule has 0 bridgehead atoms. The summed E-state index contributed by atoms with van der Waals surface area (Å²) in [5.41, 5.74) is 0. The third-order valence-corrected chi connectivity index (χ3v) is 2.26. The Labute approximate surface area is 82.7 Å². The Bertz CT molecular complexity index is 187. The standard InChI is InChI=1S/C12H22N/c1-6-9-13(10-7-2,11-8-3)12(4)5/h6-8,10-12H,1,9H2,2-5H3/q+1. The van der Waals surface area contributed by atoms with Crippen molar-refractivity contribution in [2.45, 2.75) is 33.7 Å². The molecule has 0 spiro atoms. The quantitative estimate of drug-likeness (QED) is 0.449. The Hall–Kier alpha value is -0.820. The molecule has 1 heteroatoms. The first-order valence-corrected chi connectivity index (χ1v) is 4.88. The molecule has 0 saturated heterocycles. The molecule has 1 nitrogen and oxygen atoms in total. The summed E-state index contributed by atoms with van der Waals surface area (Å²) in [6, 6.07) is 0.547. The SMILES string of the molecule is C=CC[N+](C=CC)(C=CC)C(C)C. The third kappa shape index (κ3) is 3.19. The molecule has 0 aliphatic heterocycles. The molecule has 0 saturated carbocycles. The van der Waals surface area contributed by atoms with Crippen molar-refractivity contribution in [1.82, 2.24) is 0 Å². The lowest BCUT2D eigenvalue weighted by molar-refractivity contribution is -0.844. The van der Waals surface area contributed by atoms with Crippen molar-refractivity contribution < 1.29 is 4.48 Å². The maximum atomic E-state index is 3.81. The Morgan fingerprint density at radius 1 is 1.15 bits per heavy atom. The van der Waals surface area contributed by atoms with Gasteiger partial charge in [0.1, 0.15) is 6.54 Å². The second-order valence-electron chi connectivity index (χ2n) is 3.52. The molecule has 0 heterocycles. The average Bonchev–Trinajstić information content (AvgIpc) is 2.05. The molecule has 13 heavy (non-hydrogen) atoms. The predicted octanol–water partition coefficient (Wildman–Crippen LogP) is 3.46. The maximum absolute atomic E-state index is 3.81. The van der Waals surface area contributed by atoms with E-state index in [1.807, 2.05) is 6.08 Å². The minimum Gasteiger partial charge on any atom is -0.266 e. The van der Waals surface area contributed by atoms with Crippen LogP contribution >= 0.6 is 0 Å². The van der Waals surface area contributed by atoms with E-state index in [1.54, 1.807) is 0 Å². The van der Waals surface area contributed by atoms with E-state index in [0.717, 1.165) is 11.0 Å². The minimum absolute atomic E-state index is 0.547. The summed E-state index contributed by atoms with van der Waals surface area (Å²) in [6.07, 6.45) is 10.6. The van der Waals surface area contributed by atoms with Crippen LogP contribution in [-0.4, -0.2) is 17.1 Å². The van der Waals surface area contributed by atoms with Gasteiger partial charge in [0.25, 0.3) is 0 Å². The van der Waals surface area contributed by atoms with E-state index >= 15 is 0 Å². The summed E-state index contributed by atoms with van der Waals surface area (Å²) in [6.45, 7) is 13.3. The van der Waals surface area contributed by atoms with Crippen molar-refractivity contribution >= 4 is 0 Å². The van der Waals surface area contributed by atoms with E-state index in [0.29, 0.717) is 6.04 Å². The van der Waals surface area contributed by atoms with Crippen molar-refractivity contribution in [1.29, 1.82) is 0 Å². The Balaban J connectivity index is 4.90. The summed E-state index contributed by atoms with van der Waals surface area (Å²) in [5, 5.41) is 0. The largest absolute Gasteiger partial charge is 0.266 e. The Morgan fingerprint density at radius 3 is 1.85 bits per heavy atom. The first-order valence-electron chi connectivity index (χ1n) is 4.88. The highest BCUT2D eigenvalue weighted by Gasteiger charge is 2.23. The van der Waals surface area contributed by atoms with E-state index in [1.165, 1.54) is 0 Å². The van der Waals surface area contributed by atoms with Crippen LogP contribution < -0.4 is 0 Å². The van der Waals surface area contributed by atoms with Crippen LogP contribution in [0.3, 0.4) is 0 Å². The molecule has 0 amide bonds. The molecular weight excluding hydrogens is 158 g/mol. The van der Waals surface area contributed by atoms with Crippen LogP contribution in [-0.2, 0) is 0 Å². The normalized spacial score (nSPS) is 17.0. The molecule has 0 fully saturated rings.